The summed E-state index contributed by atoms with van der Waals surface area (Å²) in [7, 11) is 0. The van der Waals surface area contributed by atoms with E-state index >= 15 is 0 Å². The third kappa shape index (κ3) is 2.36. The molecular weight excluding hydrogens is 299 g/mol. The van der Waals surface area contributed by atoms with E-state index in [1.165, 1.54) is 0 Å². The third-order valence-corrected chi connectivity index (χ3v) is 4.21. The van der Waals surface area contributed by atoms with E-state index in [4.69, 9.17) is 5.26 Å². The lowest BCUT2D eigenvalue weighted by atomic mass is 10.0. The first-order valence-corrected chi connectivity index (χ1v) is 6.65. The van der Waals surface area contributed by atoms with Crippen LogP contribution in [0.5, 0.6) is 0 Å². The molecule has 1 saturated heterocycles. The van der Waals surface area contributed by atoms with Gasteiger partial charge in [-0.15, -0.1) is 0 Å². The average Bonchev–Trinajstić information content (AvgIpc) is 2.82. The molecule has 0 spiro atoms. The Morgan fingerprint density at radius 2 is 2.33 bits per heavy atom. The standard InChI is InChI=1S/C13H14BrFN2O/c1-8(18)10-4-5-17(7-10)11-3-2-9(6-16)12(14)13(11)15/h2-3,8,10,18H,4-5,7H2,1H3. The molecule has 2 rings (SSSR count). The van der Waals surface area contributed by atoms with Crippen LogP contribution in [-0.2, 0) is 0 Å². The summed E-state index contributed by atoms with van der Waals surface area (Å²) in [6.07, 6.45) is 0.481. The minimum absolute atomic E-state index is 0.179. The number of anilines is 1. The zero-order chi connectivity index (χ0) is 13.3. The van der Waals surface area contributed by atoms with Crippen LogP contribution in [0.25, 0.3) is 0 Å². The molecule has 0 bridgehead atoms. The Bertz CT molecular complexity index is 498. The lowest BCUT2D eigenvalue weighted by Crippen LogP contribution is -2.24. The van der Waals surface area contributed by atoms with E-state index in [9.17, 15) is 9.50 Å². The SMILES string of the molecule is CC(O)C1CCN(c2ccc(C#N)c(Br)c2F)C1. The smallest absolute Gasteiger partial charge is 0.161 e. The molecule has 1 fully saturated rings. The van der Waals surface area contributed by atoms with Gasteiger partial charge in [0.1, 0.15) is 6.07 Å². The first-order valence-electron chi connectivity index (χ1n) is 5.85. The summed E-state index contributed by atoms with van der Waals surface area (Å²) >= 11 is 3.11. The summed E-state index contributed by atoms with van der Waals surface area (Å²) in [5, 5.41) is 18.4. The van der Waals surface area contributed by atoms with Crippen LogP contribution < -0.4 is 4.90 Å². The van der Waals surface area contributed by atoms with Gasteiger partial charge in [0.15, 0.2) is 5.82 Å². The zero-order valence-electron chi connectivity index (χ0n) is 10.0. The monoisotopic (exact) mass is 312 g/mol. The summed E-state index contributed by atoms with van der Waals surface area (Å²) in [4.78, 5) is 1.92. The molecule has 2 unspecified atom stereocenters. The van der Waals surface area contributed by atoms with Crippen LogP contribution >= 0.6 is 15.9 Å². The van der Waals surface area contributed by atoms with Crippen LogP contribution in [0.4, 0.5) is 10.1 Å². The van der Waals surface area contributed by atoms with Gasteiger partial charge in [-0.1, -0.05) is 0 Å². The number of rotatable bonds is 2. The molecule has 0 amide bonds. The van der Waals surface area contributed by atoms with Crippen LogP contribution in [0.2, 0.25) is 0 Å². The second-order valence-electron chi connectivity index (χ2n) is 4.61. The maximum atomic E-state index is 14.1. The molecule has 0 radical (unpaired) electrons. The van der Waals surface area contributed by atoms with Gasteiger partial charge in [0.05, 0.1) is 21.8 Å². The number of halogens is 2. The molecule has 1 aliphatic rings. The molecule has 2 atom stereocenters. The molecular formula is C13H14BrFN2O. The normalized spacial score (nSPS) is 20.8. The zero-order valence-corrected chi connectivity index (χ0v) is 11.6. The third-order valence-electron chi connectivity index (χ3n) is 3.43. The summed E-state index contributed by atoms with van der Waals surface area (Å²) in [5.74, 6) is -0.223. The number of hydrogen-bond acceptors (Lipinski definition) is 3. The topological polar surface area (TPSA) is 47.3 Å². The van der Waals surface area contributed by atoms with Gasteiger partial charge in [-0.2, -0.15) is 5.26 Å². The van der Waals surface area contributed by atoms with Crippen LogP contribution in [0.15, 0.2) is 16.6 Å². The highest BCUT2D eigenvalue weighted by molar-refractivity contribution is 9.10. The number of aliphatic hydroxyl groups excluding tert-OH is 1. The first kappa shape index (κ1) is 13.3. The Hall–Kier alpha value is -1.12. The Kier molecular flexibility index (Phi) is 3.88. The summed E-state index contributed by atoms with van der Waals surface area (Å²) < 4.78 is 14.3. The molecule has 1 N–H and O–H groups in total. The molecule has 5 heteroatoms. The molecule has 1 aromatic carbocycles. The number of nitriles is 1. The molecule has 1 heterocycles. The molecule has 0 saturated carbocycles. The second-order valence-corrected chi connectivity index (χ2v) is 5.40. The van der Waals surface area contributed by atoms with Crippen LogP contribution in [0.3, 0.4) is 0 Å². The van der Waals surface area contributed by atoms with Crippen LogP contribution in [-0.4, -0.2) is 24.3 Å². The number of aliphatic hydroxyl groups is 1. The predicted octanol–water partition coefficient (Wildman–Crippen LogP) is 2.67. The number of nitrogens with zero attached hydrogens (tertiary/aromatic N) is 2. The van der Waals surface area contributed by atoms with Crippen molar-refractivity contribution in [3.05, 3.63) is 28.0 Å². The maximum Gasteiger partial charge on any atom is 0.161 e. The van der Waals surface area contributed by atoms with Gasteiger partial charge in [-0.05, 0) is 41.4 Å². The molecule has 1 aliphatic heterocycles. The van der Waals surface area contributed by atoms with Crippen molar-refractivity contribution in [1.29, 1.82) is 5.26 Å². The minimum atomic E-state index is -0.403. The fraction of sp³-hybridized carbons (Fsp3) is 0.462. The molecule has 96 valence electrons. The van der Waals surface area contributed by atoms with Gasteiger partial charge in [0.25, 0.3) is 0 Å². The van der Waals surface area contributed by atoms with Crippen molar-refractivity contribution in [3.8, 4) is 6.07 Å². The van der Waals surface area contributed by atoms with E-state index in [1.807, 2.05) is 11.0 Å². The van der Waals surface area contributed by atoms with E-state index < -0.39 is 5.82 Å². The maximum absolute atomic E-state index is 14.1. The number of hydrogen-bond donors (Lipinski definition) is 1. The fourth-order valence-electron chi connectivity index (χ4n) is 2.27. The van der Waals surface area contributed by atoms with Crippen molar-refractivity contribution in [3.63, 3.8) is 0 Å². The van der Waals surface area contributed by atoms with Crippen molar-refractivity contribution in [2.24, 2.45) is 5.92 Å². The van der Waals surface area contributed by atoms with Crippen molar-refractivity contribution < 1.29 is 9.50 Å². The van der Waals surface area contributed by atoms with E-state index in [2.05, 4.69) is 15.9 Å². The average molecular weight is 313 g/mol. The first-order chi connectivity index (χ1) is 8.54. The lowest BCUT2D eigenvalue weighted by molar-refractivity contribution is 0.136. The summed E-state index contributed by atoms with van der Waals surface area (Å²) in [6.45, 7) is 3.14. The lowest BCUT2D eigenvalue weighted by Gasteiger charge is -2.21. The molecule has 0 aliphatic carbocycles. The Morgan fingerprint density at radius 1 is 1.61 bits per heavy atom. The van der Waals surface area contributed by atoms with E-state index in [0.29, 0.717) is 17.8 Å². The minimum Gasteiger partial charge on any atom is -0.393 e. The molecule has 18 heavy (non-hydrogen) atoms. The van der Waals surface area contributed by atoms with Gasteiger partial charge in [-0.25, -0.2) is 4.39 Å². The van der Waals surface area contributed by atoms with Crippen LogP contribution in [0.1, 0.15) is 18.9 Å². The van der Waals surface area contributed by atoms with Crippen LogP contribution in [0, 0.1) is 23.1 Å². The molecule has 0 aromatic heterocycles. The van der Waals surface area contributed by atoms with Gasteiger partial charge in [0, 0.05) is 19.0 Å². The van der Waals surface area contributed by atoms with E-state index in [0.717, 1.165) is 13.0 Å². The highest BCUT2D eigenvalue weighted by atomic mass is 79.9. The highest BCUT2D eigenvalue weighted by Crippen LogP contribution is 2.32. The van der Waals surface area contributed by atoms with Crippen molar-refractivity contribution in [2.45, 2.75) is 19.4 Å². The van der Waals surface area contributed by atoms with Crippen molar-refractivity contribution in [2.75, 3.05) is 18.0 Å². The van der Waals surface area contributed by atoms with Crippen molar-refractivity contribution in [1.82, 2.24) is 0 Å². The number of benzene rings is 1. The second kappa shape index (κ2) is 5.25. The highest BCUT2D eigenvalue weighted by Gasteiger charge is 2.28. The Morgan fingerprint density at radius 3 is 2.89 bits per heavy atom. The summed E-state index contributed by atoms with van der Waals surface area (Å²) in [6, 6.07) is 5.17. The van der Waals surface area contributed by atoms with E-state index in [1.54, 1.807) is 19.1 Å². The fourth-order valence-corrected chi connectivity index (χ4v) is 2.69. The largest absolute Gasteiger partial charge is 0.393 e. The quantitative estimate of drug-likeness (QED) is 0.913. The molecule has 3 nitrogen and oxygen atoms in total. The predicted molar refractivity (Wildman–Crippen MR) is 70.8 cm³/mol. The Labute approximate surface area is 114 Å². The Balaban J connectivity index is 2.26. The van der Waals surface area contributed by atoms with Crippen molar-refractivity contribution >= 4 is 21.6 Å². The summed E-state index contributed by atoms with van der Waals surface area (Å²) in [5.41, 5.74) is 0.784. The van der Waals surface area contributed by atoms with Gasteiger partial charge >= 0.3 is 0 Å². The van der Waals surface area contributed by atoms with Gasteiger partial charge < -0.3 is 10.0 Å². The van der Waals surface area contributed by atoms with Gasteiger partial charge in [0.2, 0.25) is 0 Å². The van der Waals surface area contributed by atoms with E-state index in [-0.39, 0.29) is 16.5 Å². The van der Waals surface area contributed by atoms with Gasteiger partial charge in [-0.3, -0.25) is 0 Å². The molecule has 1 aromatic rings.